The number of sulfone groups is 1. The van der Waals surface area contributed by atoms with Gasteiger partial charge in [0.2, 0.25) is 0 Å². The van der Waals surface area contributed by atoms with E-state index in [1.807, 2.05) is 35.2 Å². The van der Waals surface area contributed by atoms with Crippen LogP contribution in [0.3, 0.4) is 0 Å². The van der Waals surface area contributed by atoms with Crippen molar-refractivity contribution < 1.29 is 18.3 Å². The number of carboxylic acid groups (broad SMARTS) is 1. The van der Waals surface area contributed by atoms with E-state index in [0.29, 0.717) is 13.1 Å². The molecule has 1 unspecified atom stereocenters. The van der Waals surface area contributed by atoms with Gasteiger partial charge in [0, 0.05) is 18.2 Å². The summed E-state index contributed by atoms with van der Waals surface area (Å²) in [6.45, 7) is 0.714. The van der Waals surface area contributed by atoms with Crippen LogP contribution in [-0.4, -0.2) is 55.0 Å². The molecule has 1 aliphatic rings. The number of hydrogen-bond donors (Lipinski definition) is 1. The molecule has 0 saturated carbocycles. The standard InChI is InChI=1S/C15H17NO4S/c17-15(18)11-14-12-21(19,20)10-9-16(14)8-4-7-13-5-2-1-3-6-13/h1-3,5-6,14H,8-12H2,(H,17,18). The van der Waals surface area contributed by atoms with Crippen molar-refractivity contribution in [1.82, 2.24) is 4.90 Å². The van der Waals surface area contributed by atoms with E-state index in [1.165, 1.54) is 0 Å². The molecule has 1 atom stereocenters. The highest BCUT2D eigenvalue weighted by Gasteiger charge is 2.31. The van der Waals surface area contributed by atoms with Gasteiger partial charge in [-0.15, -0.1) is 0 Å². The quantitative estimate of drug-likeness (QED) is 0.828. The molecule has 21 heavy (non-hydrogen) atoms. The van der Waals surface area contributed by atoms with Gasteiger partial charge in [0.05, 0.1) is 24.5 Å². The minimum Gasteiger partial charge on any atom is -0.481 e. The Morgan fingerprint density at radius 2 is 2.05 bits per heavy atom. The predicted octanol–water partition coefficient (Wildman–Crippen LogP) is 0.612. The highest BCUT2D eigenvalue weighted by Crippen LogP contribution is 2.14. The van der Waals surface area contributed by atoms with E-state index in [0.717, 1.165) is 5.56 Å². The van der Waals surface area contributed by atoms with E-state index in [9.17, 15) is 13.2 Å². The van der Waals surface area contributed by atoms with Crippen LogP contribution in [0.25, 0.3) is 0 Å². The van der Waals surface area contributed by atoms with Gasteiger partial charge in [0.1, 0.15) is 0 Å². The lowest BCUT2D eigenvalue weighted by atomic mass is 10.2. The van der Waals surface area contributed by atoms with Crippen molar-refractivity contribution in [3.63, 3.8) is 0 Å². The topological polar surface area (TPSA) is 74.7 Å². The number of rotatable bonds is 3. The molecule has 0 aromatic heterocycles. The molecule has 0 radical (unpaired) electrons. The van der Waals surface area contributed by atoms with Gasteiger partial charge < -0.3 is 5.11 Å². The van der Waals surface area contributed by atoms with Gasteiger partial charge in [0.15, 0.2) is 9.84 Å². The normalized spacial score (nSPS) is 21.2. The summed E-state index contributed by atoms with van der Waals surface area (Å²) < 4.78 is 23.3. The molecule has 2 rings (SSSR count). The summed E-state index contributed by atoms with van der Waals surface area (Å²) in [5.74, 6) is 4.96. The Labute approximate surface area is 124 Å². The minimum atomic E-state index is -3.14. The summed E-state index contributed by atoms with van der Waals surface area (Å²) in [6.07, 6.45) is -0.174. The van der Waals surface area contributed by atoms with Gasteiger partial charge in [-0.25, -0.2) is 8.42 Å². The van der Waals surface area contributed by atoms with Gasteiger partial charge in [0.25, 0.3) is 0 Å². The zero-order chi connectivity index (χ0) is 15.3. The Morgan fingerprint density at radius 1 is 1.33 bits per heavy atom. The van der Waals surface area contributed by atoms with Crippen LogP contribution in [0.15, 0.2) is 30.3 Å². The number of nitrogens with zero attached hydrogens (tertiary/aromatic N) is 1. The Balaban J connectivity index is 2.03. The molecule has 0 bridgehead atoms. The average molecular weight is 307 g/mol. The fourth-order valence-electron chi connectivity index (χ4n) is 2.28. The Morgan fingerprint density at radius 3 is 2.71 bits per heavy atom. The molecule has 5 nitrogen and oxygen atoms in total. The fraction of sp³-hybridized carbons (Fsp3) is 0.400. The third-order valence-electron chi connectivity index (χ3n) is 3.35. The van der Waals surface area contributed by atoms with Gasteiger partial charge in [-0.1, -0.05) is 30.0 Å². The highest BCUT2D eigenvalue weighted by atomic mass is 32.2. The van der Waals surface area contributed by atoms with Crippen LogP contribution in [0.1, 0.15) is 12.0 Å². The summed E-state index contributed by atoms with van der Waals surface area (Å²) in [5, 5.41) is 8.90. The summed E-state index contributed by atoms with van der Waals surface area (Å²) in [7, 11) is -3.14. The molecule has 1 aliphatic heterocycles. The Kier molecular flexibility index (Phi) is 4.99. The summed E-state index contributed by atoms with van der Waals surface area (Å²) in [5.41, 5.74) is 0.886. The molecule has 1 heterocycles. The molecular weight excluding hydrogens is 290 g/mol. The van der Waals surface area contributed by atoms with E-state index in [-0.39, 0.29) is 17.9 Å². The molecule has 0 aliphatic carbocycles. The first-order chi connectivity index (χ1) is 9.96. The van der Waals surface area contributed by atoms with Gasteiger partial charge in [-0.05, 0) is 12.1 Å². The van der Waals surface area contributed by atoms with E-state index in [1.54, 1.807) is 0 Å². The molecule has 1 N–H and O–H groups in total. The number of aliphatic carboxylic acids is 1. The number of carboxylic acids is 1. The summed E-state index contributed by atoms with van der Waals surface area (Å²) in [4.78, 5) is 12.7. The zero-order valence-corrected chi connectivity index (χ0v) is 12.3. The van der Waals surface area contributed by atoms with Crippen LogP contribution in [-0.2, 0) is 14.6 Å². The minimum absolute atomic E-state index is 0.0656. The zero-order valence-electron chi connectivity index (χ0n) is 11.5. The second-order valence-corrected chi connectivity index (χ2v) is 7.23. The first kappa shape index (κ1) is 15.5. The maximum absolute atomic E-state index is 11.6. The molecule has 1 aromatic carbocycles. The fourth-order valence-corrected chi connectivity index (χ4v) is 3.88. The SMILES string of the molecule is O=C(O)CC1CS(=O)(=O)CCN1CC#Cc1ccccc1. The van der Waals surface area contributed by atoms with Crippen LogP contribution >= 0.6 is 0 Å². The van der Waals surface area contributed by atoms with Crippen molar-refractivity contribution in [2.45, 2.75) is 12.5 Å². The van der Waals surface area contributed by atoms with Crippen LogP contribution in [0.2, 0.25) is 0 Å². The summed E-state index contributed by atoms with van der Waals surface area (Å²) in [6, 6.07) is 8.98. The third-order valence-corrected chi connectivity index (χ3v) is 5.05. The molecule has 1 aromatic rings. The van der Waals surface area contributed by atoms with Crippen LogP contribution in [0.4, 0.5) is 0 Å². The highest BCUT2D eigenvalue weighted by molar-refractivity contribution is 7.91. The largest absolute Gasteiger partial charge is 0.481 e. The molecule has 6 heteroatoms. The molecule has 0 amide bonds. The van der Waals surface area contributed by atoms with E-state index in [2.05, 4.69) is 11.8 Å². The van der Waals surface area contributed by atoms with Crippen LogP contribution in [0, 0.1) is 11.8 Å². The Bertz CT molecular complexity index is 658. The van der Waals surface area contributed by atoms with Crippen molar-refractivity contribution in [3.05, 3.63) is 35.9 Å². The smallest absolute Gasteiger partial charge is 0.304 e. The molecule has 1 fully saturated rings. The monoisotopic (exact) mass is 307 g/mol. The molecule has 0 spiro atoms. The van der Waals surface area contributed by atoms with Crippen molar-refractivity contribution in [3.8, 4) is 11.8 Å². The molecule has 1 saturated heterocycles. The lowest BCUT2D eigenvalue weighted by Gasteiger charge is -2.33. The van der Waals surface area contributed by atoms with E-state index in [4.69, 9.17) is 5.11 Å². The van der Waals surface area contributed by atoms with E-state index < -0.39 is 21.8 Å². The molecular formula is C15H17NO4S. The number of hydrogen-bond acceptors (Lipinski definition) is 4. The van der Waals surface area contributed by atoms with Crippen molar-refractivity contribution in [1.29, 1.82) is 0 Å². The van der Waals surface area contributed by atoms with Gasteiger partial charge in [-0.2, -0.15) is 0 Å². The van der Waals surface area contributed by atoms with Gasteiger partial charge in [-0.3, -0.25) is 9.69 Å². The first-order valence-corrected chi connectivity index (χ1v) is 8.48. The van der Waals surface area contributed by atoms with Crippen LogP contribution < -0.4 is 0 Å². The third kappa shape index (κ3) is 4.88. The maximum Gasteiger partial charge on any atom is 0.304 e. The second-order valence-electron chi connectivity index (χ2n) is 5.00. The average Bonchev–Trinajstić information content (AvgIpc) is 2.41. The van der Waals surface area contributed by atoms with Crippen molar-refractivity contribution in [2.75, 3.05) is 24.6 Å². The second kappa shape index (κ2) is 6.74. The van der Waals surface area contributed by atoms with Crippen LogP contribution in [0.5, 0.6) is 0 Å². The Hall–Kier alpha value is -1.84. The maximum atomic E-state index is 11.6. The molecule has 112 valence electrons. The van der Waals surface area contributed by atoms with Crippen molar-refractivity contribution >= 4 is 15.8 Å². The number of carbonyl (C=O) groups is 1. The lowest BCUT2D eigenvalue weighted by Crippen LogP contribution is -2.49. The van der Waals surface area contributed by atoms with Crippen molar-refractivity contribution in [2.24, 2.45) is 0 Å². The lowest BCUT2D eigenvalue weighted by molar-refractivity contribution is -0.138. The predicted molar refractivity (Wildman–Crippen MR) is 79.6 cm³/mol. The van der Waals surface area contributed by atoms with E-state index >= 15 is 0 Å². The van der Waals surface area contributed by atoms with Gasteiger partial charge >= 0.3 is 5.97 Å². The first-order valence-electron chi connectivity index (χ1n) is 6.66. The number of benzene rings is 1. The summed E-state index contributed by atoms with van der Waals surface area (Å²) >= 11 is 0.